The first kappa shape index (κ1) is 15.3. The van der Waals surface area contributed by atoms with Gasteiger partial charge >= 0.3 is 4.87 Å². The molecule has 8 nitrogen and oxygen atoms in total. The van der Waals surface area contributed by atoms with E-state index in [0.29, 0.717) is 11.3 Å². The van der Waals surface area contributed by atoms with E-state index in [9.17, 15) is 21.6 Å². The van der Waals surface area contributed by atoms with Gasteiger partial charge in [-0.05, 0) is 6.92 Å². The zero-order valence-electron chi connectivity index (χ0n) is 9.68. The number of aromatic amines is 1. The third-order valence-electron chi connectivity index (χ3n) is 1.81. The van der Waals surface area contributed by atoms with Gasteiger partial charge in [0.2, 0.25) is 10.0 Å². The van der Waals surface area contributed by atoms with E-state index in [1.165, 1.54) is 6.92 Å². The van der Waals surface area contributed by atoms with Gasteiger partial charge in [-0.15, -0.1) is 0 Å². The van der Waals surface area contributed by atoms with E-state index in [0.717, 1.165) is 6.26 Å². The summed E-state index contributed by atoms with van der Waals surface area (Å²) in [5, 5.41) is 0. The van der Waals surface area contributed by atoms with Crippen molar-refractivity contribution in [3.05, 3.63) is 15.4 Å². The number of hydrogen-bond acceptors (Lipinski definition) is 6. The van der Waals surface area contributed by atoms with Gasteiger partial charge < -0.3 is 4.98 Å². The third kappa shape index (κ3) is 4.49. The van der Waals surface area contributed by atoms with Crippen LogP contribution in [0.15, 0.2) is 9.00 Å². The molecule has 1 rings (SSSR count). The van der Waals surface area contributed by atoms with Crippen molar-refractivity contribution in [3.8, 4) is 0 Å². The van der Waals surface area contributed by atoms with Crippen LogP contribution in [0.4, 0.5) is 0 Å². The Morgan fingerprint density at radius 3 is 2.17 bits per heavy atom. The highest BCUT2D eigenvalue weighted by Gasteiger charge is 2.19. The van der Waals surface area contributed by atoms with Crippen LogP contribution in [0, 0.1) is 6.92 Å². The monoisotopic (exact) mass is 315 g/mol. The van der Waals surface area contributed by atoms with Gasteiger partial charge in [-0.1, -0.05) is 11.3 Å². The Hall–Kier alpha value is -0.750. The fourth-order valence-corrected chi connectivity index (χ4v) is 3.98. The Labute approximate surface area is 109 Å². The predicted molar refractivity (Wildman–Crippen MR) is 67.7 cm³/mol. The Balaban J connectivity index is 2.67. The number of H-pyrrole nitrogens is 1. The molecule has 3 N–H and O–H groups in total. The lowest BCUT2D eigenvalue weighted by molar-refractivity contribution is 0.574. The molecule has 104 valence electrons. The summed E-state index contributed by atoms with van der Waals surface area (Å²) in [7, 11) is -7.13. The van der Waals surface area contributed by atoms with Crippen molar-refractivity contribution in [1.82, 2.24) is 14.4 Å². The van der Waals surface area contributed by atoms with Crippen LogP contribution in [0.5, 0.6) is 0 Å². The molecule has 0 saturated carbocycles. The minimum atomic E-state index is -3.79. The molecule has 0 aromatic carbocycles. The number of nitrogens with one attached hydrogen (secondary N) is 3. The maximum atomic E-state index is 11.8. The van der Waals surface area contributed by atoms with Gasteiger partial charge in [0, 0.05) is 18.8 Å². The van der Waals surface area contributed by atoms with Crippen molar-refractivity contribution in [2.24, 2.45) is 0 Å². The van der Waals surface area contributed by atoms with Gasteiger partial charge in [-0.2, -0.15) is 0 Å². The molecule has 1 heterocycles. The van der Waals surface area contributed by atoms with Crippen LogP contribution in [0.2, 0.25) is 0 Å². The minimum Gasteiger partial charge on any atom is -0.315 e. The van der Waals surface area contributed by atoms with Crippen molar-refractivity contribution in [3.63, 3.8) is 0 Å². The topological polar surface area (TPSA) is 125 Å². The fraction of sp³-hybridized carbons (Fsp3) is 0.571. The Morgan fingerprint density at radius 2 is 1.72 bits per heavy atom. The van der Waals surface area contributed by atoms with Gasteiger partial charge in [0.25, 0.3) is 10.0 Å². The summed E-state index contributed by atoms with van der Waals surface area (Å²) in [6, 6.07) is 0. The van der Waals surface area contributed by atoms with Crippen LogP contribution in [0.3, 0.4) is 0 Å². The maximum Gasteiger partial charge on any atom is 0.305 e. The smallest absolute Gasteiger partial charge is 0.305 e. The molecule has 0 atom stereocenters. The highest BCUT2D eigenvalue weighted by molar-refractivity contribution is 7.91. The minimum absolute atomic E-state index is 0.0591. The highest BCUT2D eigenvalue weighted by Crippen LogP contribution is 2.14. The molecule has 0 radical (unpaired) electrons. The van der Waals surface area contributed by atoms with Gasteiger partial charge in [0.1, 0.15) is 0 Å². The summed E-state index contributed by atoms with van der Waals surface area (Å²) < 4.78 is 49.3. The molecule has 0 aliphatic carbocycles. The van der Waals surface area contributed by atoms with Crippen LogP contribution >= 0.6 is 11.3 Å². The fourth-order valence-electron chi connectivity index (χ4n) is 1.13. The zero-order valence-corrected chi connectivity index (χ0v) is 12.1. The number of aryl methyl sites for hydroxylation is 1. The summed E-state index contributed by atoms with van der Waals surface area (Å²) in [6.07, 6.45) is 0.976. The van der Waals surface area contributed by atoms with Crippen LogP contribution in [0.25, 0.3) is 0 Å². The predicted octanol–water partition coefficient (Wildman–Crippen LogP) is -1.43. The van der Waals surface area contributed by atoms with Crippen molar-refractivity contribution in [2.75, 3.05) is 19.3 Å². The summed E-state index contributed by atoms with van der Waals surface area (Å²) in [4.78, 5) is 12.9. The Kier molecular flexibility index (Phi) is 4.66. The van der Waals surface area contributed by atoms with E-state index in [1.54, 1.807) is 0 Å². The molecule has 0 aliphatic rings. The number of hydrogen-bond donors (Lipinski definition) is 3. The van der Waals surface area contributed by atoms with E-state index in [-0.39, 0.29) is 23.0 Å². The summed E-state index contributed by atoms with van der Waals surface area (Å²) >= 11 is 0.585. The number of sulfonamides is 2. The highest BCUT2D eigenvalue weighted by atomic mass is 32.2. The van der Waals surface area contributed by atoms with Crippen LogP contribution in [0.1, 0.15) is 5.69 Å². The van der Waals surface area contributed by atoms with E-state index in [1.807, 2.05) is 0 Å². The van der Waals surface area contributed by atoms with Gasteiger partial charge in [0.05, 0.1) is 6.26 Å². The molecule has 0 amide bonds. The molecule has 0 saturated heterocycles. The maximum absolute atomic E-state index is 11.8. The second-order valence-corrected chi connectivity index (χ2v) is 8.27. The molecular weight excluding hydrogens is 302 g/mol. The molecule has 0 unspecified atom stereocenters. The largest absolute Gasteiger partial charge is 0.315 e. The second kappa shape index (κ2) is 5.48. The van der Waals surface area contributed by atoms with Crippen LogP contribution < -0.4 is 14.3 Å². The van der Waals surface area contributed by atoms with Crippen molar-refractivity contribution >= 4 is 31.4 Å². The third-order valence-corrected chi connectivity index (χ3v) is 5.60. The first-order valence-electron chi connectivity index (χ1n) is 4.76. The molecule has 11 heteroatoms. The molecular formula is C7H13N3O5S3. The lowest BCUT2D eigenvalue weighted by Gasteiger charge is -2.05. The molecule has 1 aromatic rings. The first-order chi connectivity index (χ1) is 8.12. The van der Waals surface area contributed by atoms with Gasteiger partial charge in [-0.3, -0.25) is 4.79 Å². The lowest BCUT2D eigenvalue weighted by Crippen LogP contribution is -2.34. The molecule has 1 aromatic heterocycles. The van der Waals surface area contributed by atoms with Crippen molar-refractivity contribution in [2.45, 2.75) is 11.1 Å². The van der Waals surface area contributed by atoms with E-state index in [4.69, 9.17) is 0 Å². The molecule has 18 heavy (non-hydrogen) atoms. The van der Waals surface area contributed by atoms with Gasteiger partial charge in [0.15, 0.2) is 4.21 Å². The lowest BCUT2D eigenvalue weighted by atomic mass is 10.6. The molecule has 0 aliphatic heterocycles. The average Bonchev–Trinajstić information content (AvgIpc) is 2.52. The van der Waals surface area contributed by atoms with Crippen molar-refractivity contribution in [1.29, 1.82) is 0 Å². The molecule has 0 spiro atoms. The van der Waals surface area contributed by atoms with Crippen molar-refractivity contribution < 1.29 is 16.8 Å². The normalized spacial score (nSPS) is 12.8. The van der Waals surface area contributed by atoms with Gasteiger partial charge in [-0.25, -0.2) is 26.3 Å². The Morgan fingerprint density at radius 1 is 1.17 bits per heavy atom. The van der Waals surface area contributed by atoms with Crippen LogP contribution in [-0.4, -0.2) is 41.2 Å². The van der Waals surface area contributed by atoms with Crippen LogP contribution in [-0.2, 0) is 20.0 Å². The average molecular weight is 315 g/mol. The second-order valence-electron chi connectivity index (χ2n) is 3.49. The first-order valence-corrected chi connectivity index (χ1v) is 8.95. The summed E-state index contributed by atoms with van der Waals surface area (Å²) in [5.41, 5.74) is 0.258. The zero-order chi connectivity index (χ0) is 14.0. The van der Waals surface area contributed by atoms with E-state index < -0.39 is 24.9 Å². The standard InChI is InChI=1S/C7H13N3O5S3/c1-5-6(16-7(11)10-5)18(14,15)9-4-3-8-17(2,12)13/h8-9H,3-4H2,1-2H3,(H,10,11). The number of rotatable bonds is 6. The van der Waals surface area contributed by atoms with E-state index >= 15 is 0 Å². The number of aromatic nitrogens is 1. The summed E-state index contributed by atoms with van der Waals surface area (Å²) in [6.45, 7) is 1.32. The Bertz CT molecular complexity index is 669. The quantitative estimate of drug-likeness (QED) is 0.555. The SMILES string of the molecule is Cc1[nH]c(=O)sc1S(=O)(=O)NCCNS(C)(=O)=O. The molecule has 0 bridgehead atoms. The summed E-state index contributed by atoms with van der Waals surface area (Å²) in [5.74, 6) is 0. The molecule has 0 fully saturated rings. The number of thiazole rings is 1. The van der Waals surface area contributed by atoms with E-state index in [2.05, 4.69) is 14.4 Å².